The Balaban J connectivity index is 0.908. The summed E-state index contributed by atoms with van der Waals surface area (Å²) < 4.78 is 4.74. The molecule has 0 spiro atoms. The van der Waals surface area contributed by atoms with E-state index in [2.05, 4.69) is 178 Å². The third kappa shape index (κ3) is 6.06. The lowest BCUT2D eigenvalue weighted by Gasteiger charge is -2.12. The van der Waals surface area contributed by atoms with Gasteiger partial charge in [-0.25, -0.2) is 9.97 Å². The number of pyridine rings is 1. The molecule has 4 heterocycles. The fraction of sp³-hybridized carbons (Fsp3) is 0. The summed E-state index contributed by atoms with van der Waals surface area (Å²) >= 11 is 0. The third-order valence-corrected chi connectivity index (χ3v) is 12.0. The van der Waals surface area contributed by atoms with Gasteiger partial charge in [0.1, 0.15) is 0 Å². The van der Waals surface area contributed by atoms with Crippen molar-refractivity contribution in [3.8, 4) is 67.7 Å². The van der Waals surface area contributed by atoms with Gasteiger partial charge in [-0.2, -0.15) is 0 Å². The van der Waals surface area contributed by atoms with Crippen molar-refractivity contribution in [1.29, 1.82) is 0 Å². The monoisotopic (exact) mass is 791 g/mol. The van der Waals surface area contributed by atoms with Gasteiger partial charge in [0, 0.05) is 50.2 Å². The first kappa shape index (κ1) is 35.5. The van der Waals surface area contributed by atoms with Crippen LogP contribution in [0.15, 0.2) is 225 Å². The zero-order valence-electron chi connectivity index (χ0n) is 33.6. The molecule has 5 heteroatoms. The number of nitrogens with zero attached hydrogens (tertiary/aromatic N) is 5. The Kier molecular flexibility index (Phi) is 8.42. The van der Waals surface area contributed by atoms with E-state index in [1.165, 1.54) is 60.5 Å². The van der Waals surface area contributed by atoms with Crippen LogP contribution in [0.25, 0.3) is 111 Å². The Morgan fingerprint density at radius 3 is 1.50 bits per heavy atom. The van der Waals surface area contributed by atoms with Crippen LogP contribution in [0, 0.1) is 0 Å². The first-order chi connectivity index (χ1) is 30.7. The summed E-state index contributed by atoms with van der Waals surface area (Å²) in [6, 6.07) is 77.5. The first-order valence-electron chi connectivity index (χ1n) is 20.9. The first-order valence-corrected chi connectivity index (χ1v) is 20.9. The minimum absolute atomic E-state index is 0.670. The molecule has 8 aromatic carbocycles. The predicted molar refractivity (Wildman–Crippen MR) is 256 cm³/mol. The molecule has 0 aliphatic heterocycles. The average molecular weight is 792 g/mol. The molecule has 0 radical (unpaired) electrons. The van der Waals surface area contributed by atoms with Gasteiger partial charge in [0.25, 0.3) is 0 Å². The minimum atomic E-state index is 0.670. The van der Waals surface area contributed by atoms with Crippen molar-refractivity contribution in [3.63, 3.8) is 0 Å². The fourth-order valence-electron chi connectivity index (χ4n) is 9.03. The van der Waals surface area contributed by atoms with E-state index in [0.29, 0.717) is 5.82 Å². The normalized spacial score (nSPS) is 11.5. The second-order valence-electron chi connectivity index (χ2n) is 15.7. The van der Waals surface area contributed by atoms with Crippen molar-refractivity contribution in [2.24, 2.45) is 0 Å². The van der Waals surface area contributed by atoms with E-state index in [4.69, 9.17) is 9.97 Å². The summed E-state index contributed by atoms with van der Waals surface area (Å²) in [7, 11) is 0. The second-order valence-corrected chi connectivity index (χ2v) is 15.7. The van der Waals surface area contributed by atoms with Crippen LogP contribution in [0.1, 0.15) is 0 Å². The number of para-hydroxylation sites is 3. The largest absolute Gasteiger partial charge is 0.309 e. The Labute approximate surface area is 358 Å². The van der Waals surface area contributed by atoms with Gasteiger partial charge < -0.3 is 9.13 Å². The molecule has 62 heavy (non-hydrogen) atoms. The molecule has 12 aromatic rings. The van der Waals surface area contributed by atoms with Gasteiger partial charge in [-0.1, -0.05) is 146 Å². The summed E-state index contributed by atoms with van der Waals surface area (Å²) in [5.41, 5.74) is 16.1. The zero-order valence-corrected chi connectivity index (χ0v) is 33.6. The lowest BCUT2D eigenvalue weighted by atomic mass is 9.98. The van der Waals surface area contributed by atoms with Crippen molar-refractivity contribution in [1.82, 2.24) is 24.1 Å². The van der Waals surface area contributed by atoms with Gasteiger partial charge in [0.05, 0.1) is 39.1 Å². The Morgan fingerprint density at radius 1 is 0.274 bits per heavy atom. The molecular weight excluding hydrogens is 755 g/mol. The SMILES string of the molecule is c1ccc(-c2nc(-c3ccc(-n4c5ccccc5c5ccc(-c6ccc(-c7ccc8c(c7)c7ccccc7n8-c7ccccc7)cc6)cc54)cc3)cc(-c3ccccn3)n2)cc1. The van der Waals surface area contributed by atoms with Crippen molar-refractivity contribution in [3.05, 3.63) is 225 Å². The molecule has 12 rings (SSSR count). The standard InChI is InChI=1S/C57H37N5/c1-3-13-41(14-4-1)57-59-51(37-52(60-57)50-19-11-12-34-58-50)40-26-30-45(31-27-40)62-53-20-9-7-17-46(53)48-32-28-43(36-56(48)62)39-24-22-38(23-25-39)42-29-33-55-49(35-42)47-18-8-10-21-54(47)61(55)44-15-5-2-6-16-44/h1-37H. The highest BCUT2D eigenvalue weighted by atomic mass is 15.0. The summed E-state index contributed by atoms with van der Waals surface area (Å²) in [5, 5.41) is 4.95. The van der Waals surface area contributed by atoms with Crippen LogP contribution in [-0.4, -0.2) is 24.1 Å². The van der Waals surface area contributed by atoms with Crippen LogP contribution in [0.5, 0.6) is 0 Å². The topological polar surface area (TPSA) is 48.5 Å². The molecule has 0 N–H and O–H groups in total. The number of hydrogen-bond acceptors (Lipinski definition) is 3. The molecular formula is C57H37N5. The second kappa shape index (κ2) is 14.7. The molecule has 0 amide bonds. The Morgan fingerprint density at radius 2 is 0.790 bits per heavy atom. The summed E-state index contributed by atoms with van der Waals surface area (Å²) in [6.45, 7) is 0. The van der Waals surface area contributed by atoms with Gasteiger partial charge in [-0.05, 0) is 95.1 Å². The molecule has 0 saturated heterocycles. The van der Waals surface area contributed by atoms with E-state index in [1.54, 1.807) is 6.20 Å². The average Bonchev–Trinajstić information content (AvgIpc) is 3.87. The van der Waals surface area contributed by atoms with Gasteiger partial charge in [0.15, 0.2) is 5.82 Å². The Hall–Kier alpha value is -8.41. The summed E-state index contributed by atoms with van der Waals surface area (Å²) in [6.07, 6.45) is 1.80. The summed E-state index contributed by atoms with van der Waals surface area (Å²) in [4.78, 5) is 14.6. The van der Waals surface area contributed by atoms with E-state index in [-0.39, 0.29) is 0 Å². The third-order valence-electron chi connectivity index (χ3n) is 12.0. The van der Waals surface area contributed by atoms with Crippen molar-refractivity contribution >= 4 is 43.6 Å². The van der Waals surface area contributed by atoms with Crippen molar-refractivity contribution in [2.75, 3.05) is 0 Å². The quantitative estimate of drug-likeness (QED) is 0.162. The Bertz CT molecular complexity index is 3530. The molecule has 0 aliphatic rings. The highest BCUT2D eigenvalue weighted by Gasteiger charge is 2.17. The molecule has 0 fully saturated rings. The van der Waals surface area contributed by atoms with E-state index >= 15 is 0 Å². The number of benzene rings is 8. The highest BCUT2D eigenvalue weighted by Crippen LogP contribution is 2.38. The van der Waals surface area contributed by atoms with Gasteiger partial charge in [0.2, 0.25) is 0 Å². The fourth-order valence-corrected chi connectivity index (χ4v) is 9.03. The molecule has 0 bridgehead atoms. The van der Waals surface area contributed by atoms with E-state index in [9.17, 15) is 0 Å². The van der Waals surface area contributed by atoms with Crippen LogP contribution in [0.2, 0.25) is 0 Å². The van der Waals surface area contributed by atoms with Gasteiger partial charge in [-0.15, -0.1) is 0 Å². The maximum absolute atomic E-state index is 5.05. The minimum Gasteiger partial charge on any atom is -0.309 e. The van der Waals surface area contributed by atoms with Crippen molar-refractivity contribution < 1.29 is 0 Å². The lowest BCUT2D eigenvalue weighted by Crippen LogP contribution is -1.97. The summed E-state index contributed by atoms with van der Waals surface area (Å²) in [5.74, 6) is 0.670. The molecule has 0 unspecified atom stereocenters. The molecule has 290 valence electrons. The molecule has 0 aliphatic carbocycles. The zero-order chi connectivity index (χ0) is 41.0. The van der Waals surface area contributed by atoms with Crippen LogP contribution in [0.3, 0.4) is 0 Å². The number of aromatic nitrogens is 5. The smallest absolute Gasteiger partial charge is 0.160 e. The van der Waals surface area contributed by atoms with Crippen LogP contribution in [0.4, 0.5) is 0 Å². The van der Waals surface area contributed by atoms with E-state index in [0.717, 1.165) is 44.9 Å². The van der Waals surface area contributed by atoms with E-state index in [1.807, 2.05) is 54.6 Å². The molecule has 0 saturated carbocycles. The van der Waals surface area contributed by atoms with Crippen LogP contribution >= 0.6 is 0 Å². The molecule has 4 aromatic heterocycles. The highest BCUT2D eigenvalue weighted by molar-refractivity contribution is 6.11. The van der Waals surface area contributed by atoms with Crippen LogP contribution < -0.4 is 0 Å². The number of rotatable bonds is 7. The van der Waals surface area contributed by atoms with Crippen LogP contribution in [-0.2, 0) is 0 Å². The number of hydrogen-bond donors (Lipinski definition) is 0. The lowest BCUT2D eigenvalue weighted by molar-refractivity contribution is 1.16. The maximum Gasteiger partial charge on any atom is 0.160 e. The molecule has 0 atom stereocenters. The maximum atomic E-state index is 5.05. The van der Waals surface area contributed by atoms with E-state index < -0.39 is 0 Å². The number of fused-ring (bicyclic) bond motifs is 6. The van der Waals surface area contributed by atoms with Crippen molar-refractivity contribution in [2.45, 2.75) is 0 Å². The predicted octanol–water partition coefficient (Wildman–Crippen LogP) is 14.4. The van der Waals surface area contributed by atoms with Gasteiger partial charge in [-0.3, -0.25) is 4.98 Å². The van der Waals surface area contributed by atoms with Gasteiger partial charge >= 0.3 is 0 Å². The molecule has 5 nitrogen and oxygen atoms in total.